The van der Waals surface area contributed by atoms with Gasteiger partial charge < -0.3 is 19.9 Å². The van der Waals surface area contributed by atoms with Crippen LogP contribution in [0.3, 0.4) is 0 Å². The van der Waals surface area contributed by atoms with Crippen molar-refractivity contribution in [1.82, 2.24) is 5.32 Å². The molecule has 1 rings (SSSR count). The van der Waals surface area contributed by atoms with Crippen LogP contribution in [0.1, 0.15) is 25.3 Å². The summed E-state index contributed by atoms with van der Waals surface area (Å²) < 4.78 is 11.5. The van der Waals surface area contributed by atoms with Crippen molar-refractivity contribution in [2.24, 2.45) is 0 Å². The highest BCUT2D eigenvalue weighted by atomic mass is 127. The fraction of sp³-hybridized carbons (Fsp3) is 0.500. The van der Waals surface area contributed by atoms with Crippen molar-refractivity contribution in [3.63, 3.8) is 0 Å². The van der Waals surface area contributed by atoms with Gasteiger partial charge in [-0.1, -0.05) is 13.3 Å². The van der Waals surface area contributed by atoms with Gasteiger partial charge in [-0.3, -0.25) is 4.79 Å². The van der Waals surface area contributed by atoms with Gasteiger partial charge in [0, 0.05) is 6.54 Å². The maximum Gasteiger partial charge on any atom is 0.320 e. The number of aliphatic carboxylic acids is 1. The Morgan fingerprint density at radius 2 is 2.10 bits per heavy atom. The fourth-order valence-electron chi connectivity index (χ4n) is 1.92. The number of carboxylic acids is 1. The molecule has 1 aromatic carbocycles. The van der Waals surface area contributed by atoms with Crippen LogP contribution in [0.25, 0.3) is 0 Å². The molecule has 0 fully saturated rings. The maximum absolute atomic E-state index is 11.1. The lowest BCUT2D eigenvalue weighted by Crippen LogP contribution is -2.36. The molecular formula is C14H20INO4. The normalized spacial score (nSPS) is 12.0. The van der Waals surface area contributed by atoms with Crippen molar-refractivity contribution < 1.29 is 19.4 Å². The largest absolute Gasteiger partial charge is 0.493 e. The van der Waals surface area contributed by atoms with Crippen LogP contribution < -0.4 is 14.8 Å². The Morgan fingerprint density at radius 3 is 2.60 bits per heavy atom. The predicted molar refractivity (Wildman–Crippen MR) is 85.4 cm³/mol. The molecule has 0 saturated carbocycles. The SMILES string of the molecule is CCCC(NCc1cc(I)c(OC)c(OC)c1)C(=O)O. The third-order valence-corrected chi connectivity index (χ3v) is 3.72. The molecule has 0 bridgehead atoms. The minimum absolute atomic E-state index is 0.479. The Hall–Kier alpha value is -1.02. The Kier molecular flexibility index (Phi) is 7.08. The molecule has 1 aromatic rings. The van der Waals surface area contributed by atoms with E-state index in [0.29, 0.717) is 24.5 Å². The summed E-state index contributed by atoms with van der Waals surface area (Å²) in [4.78, 5) is 11.1. The van der Waals surface area contributed by atoms with Crippen molar-refractivity contribution in [1.29, 1.82) is 0 Å². The van der Waals surface area contributed by atoms with Gasteiger partial charge >= 0.3 is 5.97 Å². The zero-order valence-electron chi connectivity index (χ0n) is 11.9. The van der Waals surface area contributed by atoms with Crippen molar-refractivity contribution in [3.05, 3.63) is 21.3 Å². The lowest BCUT2D eigenvalue weighted by Gasteiger charge is -2.15. The van der Waals surface area contributed by atoms with Crippen LogP contribution in [0.4, 0.5) is 0 Å². The van der Waals surface area contributed by atoms with Crippen LogP contribution in [0, 0.1) is 3.57 Å². The van der Waals surface area contributed by atoms with Gasteiger partial charge in [0.1, 0.15) is 6.04 Å². The van der Waals surface area contributed by atoms with Gasteiger partial charge in [-0.25, -0.2) is 0 Å². The summed E-state index contributed by atoms with van der Waals surface area (Å²) in [5, 5.41) is 12.2. The van der Waals surface area contributed by atoms with Crippen molar-refractivity contribution in [2.75, 3.05) is 14.2 Å². The number of methoxy groups -OCH3 is 2. The number of carbonyl (C=O) groups is 1. The van der Waals surface area contributed by atoms with E-state index in [0.717, 1.165) is 15.6 Å². The molecule has 112 valence electrons. The van der Waals surface area contributed by atoms with Crippen LogP contribution in [-0.4, -0.2) is 31.3 Å². The number of ether oxygens (including phenoxy) is 2. The monoisotopic (exact) mass is 393 g/mol. The van der Waals surface area contributed by atoms with E-state index in [4.69, 9.17) is 14.6 Å². The first-order chi connectivity index (χ1) is 9.53. The molecule has 0 aromatic heterocycles. The fourth-order valence-corrected chi connectivity index (χ4v) is 2.80. The minimum atomic E-state index is -0.818. The van der Waals surface area contributed by atoms with E-state index in [2.05, 4.69) is 27.9 Å². The molecule has 1 atom stereocenters. The number of benzene rings is 1. The summed E-state index contributed by atoms with van der Waals surface area (Å²) in [5.74, 6) is 0.529. The van der Waals surface area contributed by atoms with E-state index >= 15 is 0 Å². The van der Waals surface area contributed by atoms with E-state index in [-0.39, 0.29) is 0 Å². The summed E-state index contributed by atoms with van der Waals surface area (Å²) in [6.45, 7) is 2.45. The molecule has 20 heavy (non-hydrogen) atoms. The molecule has 5 nitrogen and oxygen atoms in total. The molecule has 0 saturated heterocycles. The summed E-state index contributed by atoms with van der Waals surface area (Å²) in [6, 6.07) is 3.30. The van der Waals surface area contributed by atoms with E-state index in [1.54, 1.807) is 14.2 Å². The highest BCUT2D eigenvalue weighted by Gasteiger charge is 2.16. The zero-order valence-corrected chi connectivity index (χ0v) is 14.1. The van der Waals surface area contributed by atoms with Gasteiger partial charge in [-0.05, 0) is 46.7 Å². The molecule has 0 aliphatic rings. The van der Waals surface area contributed by atoms with Gasteiger partial charge in [0.25, 0.3) is 0 Å². The quantitative estimate of drug-likeness (QED) is 0.665. The third-order valence-electron chi connectivity index (χ3n) is 2.92. The molecule has 1 unspecified atom stereocenters. The average Bonchev–Trinajstić information content (AvgIpc) is 2.42. The second-order valence-corrected chi connectivity index (χ2v) is 5.54. The second kappa shape index (κ2) is 8.31. The Morgan fingerprint density at radius 1 is 1.40 bits per heavy atom. The number of hydrogen-bond donors (Lipinski definition) is 2. The van der Waals surface area contributed by atoms with Gasteiger partial charge in [0.05, 0.1) is 17.8 Å². The molecule has 2 N–H and O–H groups in total. The lowest BCUT2D eigenvalue weighted by atomic mass is 10.1. The molecule has 0 aliphatic carbocycles. The Balaban J connectivity index is 2.82. The molecule has 0 heterocycles. The van der Waals surface area contributed by atoms with Crippen LogP contribution >= 0.6 is 22.6 Å². The Labute approximate surface area is 132 Å². The molecule has 6 heteroatoms. The smallest absolute Gasteiger partial charge is 0.320 e. The van der Waals surface area contributed by atoms with Gasteiger partial charge in [0.15, 0.2) is 11.5 Å². The standard InChI is InChI=1S/C14H20INO4/c1-4-5-11(14(17)18)16-8-9-6-10(15)13(20-3)12(7-9)19-2/h6-7,11,16H,4-5,8H2,1-3H3,(H,17,18). The topological polar surface area (TPSA) is 67.8 Å². The zero-order chi connectivity index (χ0) is 15.1. The molecule has 0 aliphatic heterocycles. The van der Waals surface area contributed by atoms with E-state index in [1.807, 2.05) is 19.1 Å². The summed E-state index contributed by atoms with van der Waals surface area (Å²) >= 11 is 2.17. The average molecular weight is 393 g/mol. The summed E-state index contributed by atoms with van der Waals surface area (Å²) in [6.07, 6.45) is 1.44. The van der Waals surface area contributed by atoms with Crippen molar-refractivity contribution >= 4 is 28.6 Å². The van der Waals surface area contributed by atoms with Crippen molar-refractivity contribution in [3.8, 4) is 11.5 Å². The molecule has 0 amide bonds. The highest BCUT2D eigenvalue weighted by Crippen LogP contribution is 2.33. The van der Waals surface area contributed by atoms with E-state index in [1.165, 1.54) is 0 Å². The number of halogens is 1. The number of carboxylic acid groups (broad SMARTS) is 1. The molecule has 0 spiro atoms. The van der Waals surface area contributed by atoms with E-state index in [9.17, 15) is 4.79 Å². The van der Waals surface area contributed by atoms with Crippen LogP contribution in [0.2, 0.25) is 0 Å². The van der Waals surface area contributed by atoms with Crippen molar-refractivity contribution in [2.45, 2.75) is 32.4 Å². The second-order valence-electron chi connectivity index (χ2n) is 4.37. The molecular weight excluding hydrogens is 373 g/mol. The first kappa shape index (κ1) is 17.0. The lowest BCUT2D eigenvalue weighted by molar-refractivity contribution is -0.139. The number of rotatable bonds is 8. The van der Waals surface area contributed by atoms with E-state index < -0.39 is 12.0 Å². The highest BCUT2D eigenvalue weighted by molar-refractivity contribution is 14.1. The number of nitrogens with one attached hydrogen (secondary N) is 1. The van der Waals surface area contributed by atoms with Crippen LogP contribution in [0.5, 0.6) is 11.5 Å². The third kappa shape index (κ3) is 4.52. The summed E-state index contributed by atoms with van der Waals surface area (Å²) in [5.41, 5.74) is 0.967. The first-order valence-corrected chi connectivity index (χ1v) is 7.47. The first-order valence-electron chi connectivity index (χ1n) is 6.40. The maximum atomic E-state index is 11.1. The number of hydrogen-bond acceptors (Lipinski definition) is 4. The van der Waals surface area contributed by atoms with Gasteiger partial charge in [-0.15, -0.1) is 0 Å². The predicted octanol–water partition coefficient (Wildman–Crippen LogP) is 2.65. The van der Waals surface area contributed by atoms with Gasteiger partial charge in [-0.2, -0.15) is 0 Å². The Bertz CT molecular complexity index is 465. The van der Waals surface area contributed by atoms with Gasteiger partial charge in [0.2, 0.25) is 0 Å². The summed E-state index contributed by atoms with van der Waals surface area (Å²) in [7, 11) is 3.18. The molecule has 0 radical (unpaired) electrons. The minimum Gasteiger partial charge on any atom is -0.493 e. The van der Waals surface area contributed by atoms with Crippen LogP contribution in [-0.2, 0) is 11.3 Å². The van der Waals surface area contributed by atoms with Crippen LogP contribution in [0.15, 0.2) is 12.1 Å².